The van der Waals surface area contributed by atoms with Gasteiger partial charge in [0.25, 0.3) is 5.91 Å². The summed E-state index contributed by atoms with van der Waals surface area (Å²) in [5.41, 5.74) is 2.07. The second-order valence-electron chi connectivity index (χ2n) is 6.97. The Labute approximate surface area is 135 Å². The minimum Gasteiger partial charge on any atom is -0.339 e. The molecule has 3 nitrogen and oxygen atoms in total. The van der Waals surface area contributed by atoms with Crippen LogP contribution in [0.25, 0.3) is 0 Å². The van der Waals surface area contributed by atoms with Crippen molar-refractivity contribution in [1.82, 2.24) is 9.80 Å². The van der Waals surface area contributed by atoms with Crippen LogP contribution < -0.4 is 0 Å². The molecule has 122 valence electrons. The number of carbonyl (C=O) groups is 1. The Hall–Kier alpha value is -1.35. The summed E-state index contributed by atoms with van der Waals surface area (Å²) in [6.07, 6.45) is 4.75. The van der Waals surface area contributed by atoms with Gasteiger partial charge in [-0.1, -0.05) is 26.0 Å². The van der Waals surface area contributed by atoms with Crippen LogP contribution >= 0.6 is 0 Å². The van der Waals surface area contributed by atoms with E-state index in [1.807, 2.05) is 17.0 Å². The summed E-state index contributed by atoms with van der Waals surface area (Å²) in [7, 11) is 2.15. The van der Waals surface area contributed by atoms with Gasteiger partial charge in [0.1, 0.15) is 0 Å². The fourth-order valence-corrected chi connectivity index (χ4v) is 2.95. The first-order valence-electron chi connectivity index (χ1n) is 8.63. The summed E-state index contributed by atoms with van der Waals surface area (Å²) in [5.74, 6) is 0.931. The van der Waals surface area contributed by atoms with E-state index in [2.05, 4.69) is 37.9 Å². The Bertz CT molecular complexity index is 478. The van der Waals surface area contributed by atoms with E-state index in [1.165, 1.54) is 18.4 Å². The van der Waals surface area contributed by atoms with Crippen LogP contribution in [0.5, 0.6) is 0 Å². The van der Waals surface area contributed by atoms with E-state index in [9.17, 15) is 4.79 Å². The lowest BCUT2D eigenvalue weighted by molar-refractivity contribution is 0.0724. The zero-order chi connectivity index (χ0) is 15.9. The van der Waals surface area contributed by atoms with Crippen LogP contribution in [0.4, 0.5) is 0 Å². The van der Waals surface area contributed by atoms with Crippen LogP contribution in [0.3, 0.4) is 0 Å². The molecule has 0 bridgehead atoms. The maximum atomic E-state index is 12.6. The molecule has 1 aliphatic heterocycles. The second-order valence-corrected chi connectivity index (χ2v) is 6.97. The zero-order valence-electron chi connectivity index (χ0n) is 14.3. The van der Waals surface area contributed by atoms with Gasteiger partial charge in [-0.15, -0.1) is 0 Å². The number of rotatable bonds is 6. The molecule has 0 aromatic heterocycles. The number of hydrogen-bond donors (Lipinski definition) is 0. The fraction of sp³-hybridized carbons (Fsp3) is 0.632. The summed E-state index contributed by atoms with van der Waals surface area (Å²) >= 11 is 0. The monoisotopic (exact) mass is 302 g/mol. The largest absolute Gasteiger partial charge is 0.339 e. The Balaban J connectivity index is 1.95. The van der Waals surface area contributed by atoms with Crippen molar-refractivity contribution in [2.75, 3.05) is 26.7 Å². The third-order valence-electron chi connectivity index (χ3n) is 4.36. The highest BCUT2D eigenvalue weighted by atomic mass is 16.2. The molecule has 1 amide bonds. The molecule has 1 aliphatic rings. The average Bonchev–Trinajstić information content (AvgIpc) is 2.53. The van der Waals surface area contributed by atoms with Crippen LogP contribution in [0.2, 0.25) is 0 Å². The molecule has 0 aliphatic carbocycles. The Morgan fingerprint density at radius 2 is 1.95 bits per heavy atom. The first-order chi connectivity index (χ1) is 10.6. The van der Waals surface area contributed by atoms with E-state index in [4.69, 9.17) is 0 Å². The SMILES string of the molecule is CC(C)CCN(C)Cc1cccc(C(=O)N2CCCCC2)c1. The smallest absolute Gasteiger partial charge is 0.253 e. The highest BCUT2D eigenvalue weighted by molar-refractivity contribution is 5.94. The summed E-state index contributed by atoms with van der Waals surface area (Å²) in [6.45, 7) is 8.35. The molecule has 1 fully saturated rings. The average molecular weight is 302 g/mol. The quantitative estimate of drug-likeness (QED) is 0.798. The Morgan fingerprint density at radius 3 is 2.64 bits per heavy atom. The van der Waals surface area contributed by atoms with Gasteiger partial charge < -0.3 is 9.80 Å². The number of likely N-dealkylation sites (tertiary alicyclic amines) is 1. The van der Waals surface area contributed by atoms with E-state index in [-0.39, 0.29) is 5.91 Å². The molecule has 1 heterocycles. The first-order valence-corrected chi connectivity index (χ1v) is 8.63. The van der Waals surface area contributed by atoms with Crippen molar-refractivity contribution in [2.24, 2.45) is 5.92 Å². The van der Waals surface area contributed by atoms with Crippen molar-refractivity contribution in [3.8, 4) is 0 Å². The van der Waals surface area contributed by atoms with Gasteiger partial charge in [0.2, 0.25) is 0 Å². The number of benzene rings is 1. The van der Waals surface area contributed by atoms with E-state index in [0.717, 1.165) is 50.5 Å². The number of hydrogen-bond acceptors (Lipinski definition) is 2. The summed E-state index contributed by atoms with van der Waals surface area (Å²) in [6, 6.07) is 8.17. The van der Waals surface area contributed by atoms with Crippen LogP contribution in [-0.4, -0.2) is 42.4 Å². The fourth-order valence-electron chi connectivity index (χ4n) is 2.95. The van der Waals surface area contributed by atoms with Gasteiger partial charge in [-0.3, -0.25) is 4.79 Å². The molecule has 1 aromatic rings. The van der Waals surface area contributed by atoms with Gasteiger partial charge in [-0.05, 0) is 62.9 Å². The van der Waals surface area contributed by atoms with Gasteiger partial charge in [0.05, 0.1) is 0 Å². The lowest BCUT2D eigenvalue weighted by atomic mass is 10.1. The molecule has 0 N–H and O–H groups in total. The molecular formula is C19H30N2O. The minimum atomic E-state index is 0.200. The maximum absolute atomic E-state index is 12.6. The van der Waals surface area contributed by atoms with Crippen molar-refractivity contribution in [3.63, 3.8) is 0 Å². The number of amides is 1. The van der Waals surface area contributed by atoms with Gasteiger partial charge in [0, 0.05) is 25.2 Å². The molecule has 22 heavy (non-hydrogen) atoms. The van der Waals surface area contributed by atoms with E-state index in [0.29, 0.717) is 0 Å². The topological polar surface area (TPSA) is 23.6 Å². The third kappa shape index (κ3) is 5.13. The van der Waals surface area contributed by atoms with E-state index < -0.39 is 0 Å². The lowest BCUT2D eigenvalue weighted by Crippen LogP contribution is -2.35. The first kappa shape index (κ1) is 17.0. The van der Waals surface area contributed by atoms with Crippen molar-refractivity contribution in [2.45, 2.75) is 46.1 Å². The van der Waals surface area contributed by atoms with Crippen LogP contribution in [0, 0.1) is 5.92 Å². The molecular weight excluding hydrogens is 272 g/mol. The molecule has 2 rings (SSSR count). The predicted octanol–water partition coefficient (Wildman–Crippen LogP) is 3.79. The van der Waals surface area contributed by atoms with Crippen LogP contribution in [0.1, 0.15) is 55.5 Å². The van der Waals surface area contributed by atoms with Gasteiger partial charge in [-0.2, -0.15) is 0 Å². The summed E-state index contributed by atoms with van der Waals surface area (Å²) in [5, 5.41) is 0. The highest BCUT2D eigenvalue weighted by Crippen LogP contribution is 2.15. The van der Waals surface area contributed by atoms with Crippen molar-refractivity contribution in [3.05, 3.63) is 35.4 Å². The van der Waals surface area contributed by atoms with E-state index in [1.54, 1.807) is 0 Å². The summed E-state index contributed by atoms with van der Waals surface area (Å²) < 4.78 is 0. The van der Waals surface area contributed by atoms with E-state index >= 15 is 0 Å². The molecule has 0 spiro atoms. The molecule has 0 saturated carbocycles. The minimum absolute atomic E-state index is 0.200. The molecule has 0 radical (unpaired) electrons. The summed E-state index contributed by atoms with van der Waals surface area (Å²) in [4.78, 5) is 16.9. The molecule has 1 aromatic carbocycles. The van der Waals surface area contributed by atoms with Crippen molar-refractivity contribution < 1.29 is 4.79 Å². The van der Waals surface area contributed by atoms with Gasteiger partial charge in [-0.25, -0.2) is 0 Å². The number of nitrogens with zero attached hydrogens (tertiary/aromatic N) is 2. The Morgan fingerprint density at radius 1 is 1.23 bits per heavy atom. The number of piperidine rings is 1. The van der Waals surface area contributed by atoms with Crippen LogP contribution in [0.15, 0.2) is 24.3 Å². The molecule has 3 heteroatoms. The van der Waals surface area contributed by atoms with Crippen molar-refractivity contribution in [1.29, 1.82) is 0 Å². The second kappa shape index (κ2) is 8.33. The van der Waals surface area contributed by atoms with Crippen LogP contribution in [-0.2, 0) is 6.54 Å². The molecule has 0 unspecified atom stereocenters. The highest BCUT2D eigenvalue weighted by Gasteiger charge is 2.18. The van der Waals surface area contributed by atoms with Gasteiger partial charge in [0.15, 0.2) is 0 Å². The zero-order valence-corrected chi connectivity index (χ0v) is 14.3. The molecule has 0 atom stereocenters. The maximum Gasteiger partial charge on any atom is 0.253 e. The Kier molecular flexibility index (Phi) is 6.44. The standard InChI is InChI=1S/C19H30N2O/c1-16(2)10-13-20(3)15-17-8-7-9-18(14-17)19(22)21-11-5-4-6-12-21/h7-9,14,16H,4-6,10-13,15H2,1-3H3. The third-order valence-corrected chi connectivity index (χ3v) is 4.36. The molecule has 1 saturated heterocycles. The lowest BCUT2D eigenvalue weighted by Gasteiger charge is -2.27. The number of carbonyl (C=O) groups excluding carboxylic acids is 1. The van der Waals surface area contributed by atoms with Gasteiger partial charge >= 0.3 is 0 Å². The normalized spacial score (nSPS) is 15.6. The predicted molar refractivity (Wildman–Crippen MR) is 92.0 cm³/mol. The van der Waals surface area contributed by atoms with Crippen molar-refractivity contribution >= 4 is 5.91 Å².